The van der Waals surface area contributed by atoms with Gasteiger partial charge in [0.25, 0.3) is 10.1 Å². The summed E-state index contributed by atoms with van der Waals surface area (Å²) < 4.78 is 59.9. The third-order valence-corrected chi connectivity index (χ3v) is 6.74. The highest BCUT2D eigenvalue weighted by Crippen LogP contribution is 2.29. The maximum Gasteiger partial charge on any atom is 0.294 e. The molecule has 2 atom stereocenters. The molecule has 152 valence electrons. The molecule has 9 heteroatoms. The predicted octanol–water partition coefficient (Wildman–Crippen LogP) is 2.65. The molecule has 0 amide bonds. The Labute approximate surface area is 170 Å². The van der Waals surface area contributed by atoms with Gasteiger partial charge < -0.3 is 5.73 Å². The number of benzene rings is 3. The van der Waals surface area contributed by atoms with Gasteiger partial charge in [0.05, 0.1) is 21.9 Å². The van der Waals surface area contributed by atoms with Gasteiger partial charge >= 0.3 is 0 Å². The summed E-state index contributed by atoms with van der Waals surface area (Å²) >= 11 is 0. The van der Waals surface area contributed by atoms with Crippen molar-refractivity contribution in [2.24, 2.45) is 5.73 Å². The van der Waals surface area contributed by atoms with E-state index < -0.39 is 37.1 Å². The van der Waals surface area contributed by atoms with Crippen molar-refractivity contribution < 1.29 is 21.4 Å². The molecule has 0 spiro atoms. The highest BCUT2D eigenvalue weighted by atomic mass is 32.2. The van der Waals surface area contributed by atoms with Crippen LogP contribution in [0, 0.1) is 0 Å². The second-order valence-corrected chi connectivity index (χ2v) is 9.53. The Morgan fingerprint density at radius 2 is 1.14 bits per heavy atom. The highest BCUT2D eigenvalue weighted by Gasteiger charge is 2.27. The van der Waals surface area contributed by atoms with E-state index in [1.54, 1.807) is 24.3 Å². The van der Waals surface area contributed by atoms with E-state index in [0.29, 0.717) is 5.56 Å². The zero-order valence-electron chi connectivity index (χ0n) is 15.2. The lowest BCUT2D eigenvalue weighted by molar-refractivity contribution is 0.482. The summed E-state index contributed by atoms with van der Waals surface area (Å²) in [6, 6.07) is 20.9. The summed E-state index contributed by atoms with van der Waals surface area (Å²) in [4.78, 5) is -0.539. The molecule has 0 heterocycles. The third-order valence-electron chi connectivity index (χ3n) is 4.42. The molecule has 29 heavy (non-hydrogen) atoms. The zero-order chi connectivity index (χ0) is 21.1. The smallest absolute Gasteiger partial charge is 0.294 e. The molecule has 0 radical (unpaired) electrons. The van der Waals surface area contributed by atoms with Crippen molar-refractivity contribution >= 4 is 20.1 Å². The Morgan fingerprint density at radius 3 is 1.62 bits per heavy atom. The van der Waals surface area contributed by atoms with Gasteiger partial charge in [-0.25, -0.2) is 13.1 Å². The summed E-state index contributed by atoms with van der Waals surface area (Å²) in [5, 5.41) is 0. The summed E-state index contributed by atoms with van der Waals surface area (Å²) in [6.45, 7) is 0. The van der Waals surface area contributed by atoms with Gasteiger partial charge in [-0.1, -0.05) is 60.7 Å². The summed E-state index contributed by atoms with van der Waals surface area (Å²) in [7, 11) is -8.45. The van der Waals surface area contributed by atoms with E-state index in [4.69, 9.17) is 10.3 Å². The normalized spacial score (nSPS) is 14.3. The molecule has 0 aliphatic carbocycles. The van der Waals surface area contributed by atoms with Gasteiger partial charge in [0.15, 0.2) is 0 Å². The van der Waals surface area contributed by atoms with Crippen molar-refractivity contribution in [2.45, 2.75) is 21.9 Å². The Balaban J connectivity index is 1.97. The van der Waals surface area contributed by atoms with Crippen LogP contribution in [-0.2, 0) is 20.1 Å². The Hall–Kier alpha value is -2.56. The molecule has 3 aromatic rings. The SMILES string of the molecule is N[C@H](c1ccccc1)[C@H](NS(=O)(=O)c1ccc(S(=O)(=O)O)cc1)c1ccccc1. The Bertz CT molecular complexity index is 1160. The van der Waals surface area contributed by atoms with Crippen molar-refractivity contribution in [3.05, 3.63) is 96.1 Å². The second-order valence-electron chi connectivity index (χ2n) is 6.39. The van der Waals surface area contributed by atoms with Crippen molar-refractivity contribution in [1.29, 1.82) is 0 Å². The first-order valence-corrected chi connectivity index (χ1v) is 11.6. The fourth-order valence-electron chi connectivity index (χ4n) is 2.90. The van der Waals surface area contributed by atoms with Crippen molar-refractivity contribution in [2.75, 3.05) is 0 Å². The third kappa shape index (κ3) is 5.08. The quantitative estimate of drug-likeness (QED) is 0.493. The molecule has 0 saturated carbocycles. The van der Waals surface area contributed by atoms with Crippen LogP contribution in [0.25, 0.3) is 0 Å². The molecule has 0 aliphatic rings. The lowest BCUT2D eigenvalue weighted by atomic mass is 9.95. The molecular weight excluding hydrogens is 412 g/mol. The minimum atomic E-state index is -4.42. The standard InChI is InChI=1S/C20H20N2O5S2/c21-19(15-7-3-1-4-8-15)20(16-9-5-2-6-10-16)22-28(23,24)17-11-13-18(14-12-17)29(25,26)27/h1-14,19-20,22H,21H2,(H,25,26,27)/t19-,20-/m1/s1. The van der Waals surface area contributed by atoms with Gasteiger partial charge in [0, 0.05) is 0 Å². The van der Waals surface area contributed by atoms with Crippen LogP contribution in [0.1, 0.15) is 23.2 Å². The first-order valence-electron chi connectivity index (χ1n) is 8.64. The van der Waals surface area contributed by atoms with Crippen LogP contribution < -0.4 is 10.5 Å². The van der Waals surface area contributed by atoms with Gasteiger partial charge in [-0.15, -0.1) is 0 Å². The predicted molar refractivity (Wildman–Crippen MR) is 109 cm³/mol. The molecule has 0 unspecified atom stereocenters. The van der Waals surface area contributed by atoms with Crippen LogP contribution in [0.4, 0.5) is 0 Å². The van der Waals surface area contributed by atoms with E-state index >= 15 is 0 Å². The maximum atomic E-state index is 12.9. The monoisotopic (exact) mass is 432 g/mol. The van der Waals surface area contributed by atoms with E-state index in [-0.39, 0.29) is 4.90 Å². The van der Waals surface area contributed by atoms with Gasteiger partial charge in [-0.3, -0.25) is 4.55 Å². The first kappa shape index (κ1) is 21.2. The Kier molecular flexibility index (Phi) is 6.15. The van der Waals surface area contributed by atoms with E-state index in [1.165, 1.54) is 0 Å². The number of hydrogen-bond acceptors (Lipinski definition) is 5. The molecule has 0 saturated heterocycles. The number of rotatable bonds is 7. The fraction of sp³-hybridized carbons (Fsp3) is 0.100. The van der Waals surface area contributed by atoms with E-state index in [0.717, 1.165) is 29.8 Å². The molecule has 0 aliphatic heterocycles. The second kappa shape index (κ2) is 8.44. The van der Waals surface area contributed by atoms with Crippen LogP contribution in [0.15, 0.2) is 94.7 Å². The summed E-state index contributed by atoms with van der Waals surface area (Å²) in [6.07, 6.45) is 0. The van der Waals surface area contributed by atoms with E-state index in [1.807, 2.05) is 36.4 Å². The van der Waals surface area contributed by atoms with Gasteiger partial charge in [0.2, 0.25) is 10.0 Å². The van der Waals surface area contributed by atoms with Gasteiger partial charge in [-0.2, -0.15) is 8.42 Å². The number of nitrogens with two attached hydrogens (primary N) is 1. The molecule has 4 N–H and O–H groups in total. The van der Waals surface area contributed by atoms with Gasteiger partial charge in [0.1, 0.15) is 0 Å². The van der Waals surface area contributed by atoms with E-state index in [2.05, 4.69) is 4.72 Å². The van der Waals surface area contributed by atoms with Crippen LogP contribution in [0.2, 0.25) is 0 Å². The molecule has 0 bridgehead atoms. The van der Waals surface area contributed by atoms with Crippen LogP contribution in [0.3, 0.4) is 0 Å². The topological polar surface area (TPSA) is 127 Å². The van der Waals surface area contributed by atoms with Crippen LogP contribution in [0.5, 0.6) is 0 Å². The van der Waals surface area contributed by atoms with Crippen LogP contribution in [-0.4, -0.2) is 21.4 Å². The average molecular weight is 433 g/mol. The summed E-state index contributed by atoms with van der Waals surface area (Å²) in [5.74, 6) is 0. The first-order chi connectivity index (χ1) is 13.7. The number of hydrogen-bond donors (Lipinski definition) is 3. The molecule has 0 fully saturated rings. The highest BCUT2D eigenvalue weighted by molar-refractivity contribution is 7.89. The molecule has 7 nitrogen and oxygen atoms in total. The van der Waals surface area contributed by atoms with E-state index in [9.17, 15) is 16.8 Å². The van der Waals surface area contributed by atoms with Crippen molar-refractivity contribution in [1.82, 2.24) is 4.72 Å². The van der Waals surface area contributed by atoms with Gasteiger partial charge in [-0.05, 0) is 35.4 Å². The molecule has 3 aromatic carbocycles. The van der Waals surface area contributed by atoms with Crippen LogP contribution >= 0.6 is 0 Å². The van der Waals surface area contributed by atoms with Crippen molar-refractivity contribution in [3.63, 3.8) is 0 Å². The minimum absolute atomic E-state index is 0.147. The molecular formula is C20H20N2O5S2. The number of nitrogens with one attached hydrogen (secondary N) is 1. The summed E-state index contributed by atoms with van der Waals surface area (Å²) in [5.41, 5.74) is 7.84. The zero-order valence-corrected chi connectivity index (χ0v) is 16.8. The minimum Gasteiger partial charge on any atom is -0.322 e. The number of sulfonamides is 1. The molecule has 3 rings (SSSR count). The molecule has 0 aromatic heterocycles. The largest absolute Gasteiger partial charge is 0.322 e. The lowest BCUT2D eigenvalue weighted by Crippen LogP contribution is -2.36. The fourth-order valence-corrected chi connectivity index (χ4v) is 4.63. The average Bonchev–Trinajstić information content (AvgIpc) is 2.72. The Morgan fingerprint density at radius 1 is 0.690 bits per heavy atom. The maximum absolute atomic E-state index is 12.9. The lowest BCUT2D eigenvalue weighted by Gasteiger charge is -2.26. The van der Waals surface area contributed by atoms with Crippen molar-refractivity contribution in [3.8, 4) is 0 Å².